The maximum atomic E-state index is 12.3. The van der Waals surface area contributed by atoms with Crippen molar-refractivity contribution in [3.8, 4) is 5.75 Å². The highest BCUT2D eigenvalue weighted by atomic mass is 16.3. The monoisotopic (exact) mass is 426 g/mol. The van der Waals surface area contributed by atoms with Gasteiger partial charge in [0, 0.05) is 17.1 Å². The molecule has 0 saturated heterocycles. The van der Waals surface area contributed by atoms with E-state index in [9.17, 15) is 9.90 Å². The van der Waals surface area contributed by atoms with Gasteiger partial charge in [-0.3, -0.25) is 9.78 Å². The summed E-state index contributed by atoms with van der Waals surface area (Å²) in [5, 5.41) is 15.3. The lowest BCUT2D eigenvalue weighted by atomic mass is 10.1. The lowest BCUT2D eigenvalue weighted by molar-refractivity contribution is 0.0950. The van der Waals surface area contributed by atoms with Crippen molar-refractivity contribution < 1.29 is 9.90 Å². The number of hydrogen-bond acceptors (Lipinski definition) is 5. The molecule has 1 amide bonds. The molecule has 0 bridgehead atoms. The Morgan fingerprint density at radius 3 is 2.28 bits per heavy atom. The molecule has 0 unspecified atom stereocenters. The van der Waals surface area contributed by atoms with Gasteiger partial charge < -0.3 is 5.11 Å². The van der Waals surface area contributed by atoms with Crippen LogP contribution in [0, 0.1) is 0 Å². The van der Waals surface area contributed by atoms with Crippen LogP contribution >= 0.6 is 0 Å². The largest absolute Gasteiger partial charge is 0.506 e. The van der Waals surface area contributed by atoms with E-state index in [1.54, 1.807) is 42.6 Å². The number of nitrogens with zero attached hydrogens (tertiary/aromatic N) is 3. The number of hydrazone groups is 1. The van der Waals surface area contributed by atoms with Crippen molar-refractivity contribution in [2.75, 3.05) is 0 Å². The van der Waals surface area contributed by atoms with E-state index >= 15 is 0 Å². The van der Waals surface area contributed by atoms with Crippen LogP contribution in [-0.4, -0.2) is 26.7 Å². The molecular weight excluding hydrogens is 400 g/mol. The molecule has 32 heavy (non-hydrogen) atoms. The third-order valence-corrected chi connectivity index (χ3v) is 4.16. The first-order valence-corrected chi connectivity index (χ1v) is 10.2. The number of phenolic OH excluding ortho intramolecular Hbond substituents is 1. The fourth-order valence-electron chi connectivity index (χ4n) is 2.79. The van der Waals surface area contributed by atoms with Gasteiger partial charge in [-0.05, 0) is 24.3 Å². The summed E-state index contributed by atoms with van der Waals surface area (Å²) in [5.74, 6) is -0.332. The number of hydrogen-bond donors (Lipinski definition) is 2. The van der Waals surface area contributed by atoms with E-state index in [4.69, 9.17) is 0 Å². The zero-order valence-electron chi connectivity index (χ0n) is 18.2. The van der Waals surface area contributed by atoms with Crippen molar-refractivity contribution in [3.05, 3.63) is 115 Å². The van der Waals surface area contributed by atoms with E-state index in [-0.39, 0.29) is 11.4 Å². The number of aromatic nitrogens is 2. The molecule has 0 spiro atoms. The molecule has 0 fully saturated rings. The van der Waals surface area contributed by atoms with Crippen molar-refractivity contribution in [3.63, 3.8) is 0 Å². The van der Waals surface area contributed by atoms with Crippen LogP contribution in [0.15, 0.2) is 103 Å². The van der Waals surface area contributed by atoms with Crippen molar-refractivity contribution >= 4 is 22.5 Å². The molecule has 6 nitrogen and oxygen atoms in total. The summed E-state index contributed by atoms with van der Waals surface area (Å²) in [4.78, 5) is 20.9. The average Bonchev–Trinajstić information content (AvgIpc) is 2.88. The second-order valence-electron chi connectivity index (χ2n) is 6.03. The summed E-state index contributed by atoms with van der Waals surface area (Å²) in [5.41, 5.74) is 5.08. The average molecular weight is 427 g/mol. The lowest BCUT2D eigenvalue weighted by Crippen LogP contribution is -2.22. The van der Waals surface area contributed by atoms with Gasteiger partial charge in [0.15, 0.2) is 0 Å². The van der Waals surface area contributed by atoms with Gasteiger partial charge in [-0.2, -0.15) is 5.10 Å². The Morgan fingerprint density at radius 1 is 0.875 bits per heavy atom. The van der Waals surface area contributed by atoms with Crippen molar-refractivity contribution in [1.29, 1.82) is 0 Å². The molecule has 2 N–H and O–H groups in total. The molecule has 6 heteroatoms. The molecule has 0 aliphatic heterocycles. The number of fused-ring (bicyclic) bond motifs is 1. The zero-order chi connectivity index (χ0) is 23.3. The lowest BCUT2D eigenvalue weighted by Gasteiger charge is -2.09. The van der Waals surface area contributed by atoms with Crippen molar-refractivity contribution in [2.24, 2.45) is 5.10 Å². The third kappa shape index (κ3) is 5.86. The third-order valence-electron chi connectivity index (χ3n) is 4.16. The highest BCUT2D eigenvalue weighted by molar-refractivity contribution is 6.13. The number of amides is 1. The van der Waals surface area contributed by atoms with Gasteiger partial charge >= 0.3 is 0 Å². The molecule has 2 aromatic heterocycles. The number of carbonyl (C=O) groups excluding carboxylic acids is 1. The second kappa shape index (κ2) is 12.4. The van der Waals surface area contributed by atoms with E-state index in [1.165, 1.54) is 0 Å². The Kier molecular flexibility index (Phi) is 9.28. The van der Waals surface area contributed by atoms with Crippen molar-refractivity contribution in [2.45, 2.75) is 13.8 Å². The highest BCUT2D eigenvalue weighted by Gasteiger charge is 2.13. The molecule has 4 aromatic rings. The molecule has 2 heterocycles. The Bertz CT molecular complexity index is 1180. The Hall–Kier alpha value is -4.32. The fourth-order valence-corrected chi connectivity index (χ4v) is 2.79. The highest BCUT2D eigenvalue weighted by Crippen LogP contribution is 2.23. The van der Waals surface area contributed by atoms with E-state index < -0.39 is 5.91 Å². The Labute approximate surface area is 188 Å². The first-order valence-electron chi connectivity index (χ1n) is 10.2. The molecule has 4 rings (SSSR count). The van der Waals surface area contributed by atoms with E-state index in [0.717, 1.165) is 10.9 Å². The normalized spacial score (nSPS) is 10.2. The van der Waals surface area contributed by atoms with Crippen LogP contribution in [0.3, 0.4) is 0 Å². The van der Waals surface area contributed by atoms with Crippen LogP contribution in [0.1, 0.15) is 35.6 Å². The van der Waals surface area contributed by atoms with Gasteiger partial charge in [-0.1, -0.05) is 68.4 Å². The van der Waals surface area contributed by atoms with Gasteiger partial charge in [-0.25, -0.2) is 10.4 Å². The molecule has 0 aliphatic rings. The maximum absolute atomic E-state index is 12.3. The number of rotatable bonds is 4. The van der Waals surface area contributed by atoms with Crippen LogP contribution in [0.25, 0.3) is 10.9 Å². The maximum Gasteiger partial charge on any atom is 0.289 e. The molecule has 0 radical (unpaired) electrons. The summed E-state index contributed by atoms with van der Waals surface area (Å²) in [6.07, 6.45) is 1.55. The standard InChI is InChI=1S/C22H16N4O2.C2H6.C2H4/c27-19-11-6-9-16-12-13-17(24-21(16)19)20(15-7-2-1-3-8-15)25-26-22(28)18-10-4-5-14-23-18;2*1-2/h1-14,27H,(H,26,28);1-2H3;1-2H2/b25-20+;;. The smallest absolute Gasteiger partial charge is 0.289 e. The molecule has 0 saturated carbocycles. The van der Waals surface area contributed by atoms with E-state index in [2.05, 4.69) is 33.7 Å². The van der Waals surface area contributed by atoms with Crippen LogP contribution in [-0.2, 0) is 0 Å². The summed E-state index contributed by atoms with van der Waals surface area (Å²) < 4.78 is 0. The molecule has 162 valence electrons. The first-order chi connectivity index (χ1) is 15.7. The van der Waals surface area contributed by atoms with Crippen LogP contribution in [0.5, 0.6) is 5.75 Å². The number of carbonyl (C=O) groups is 1. The zero-order valence-corrected chi connectivity index (χ0v) is 18.2. The number of nitrogens with one attached hydrogen (secondary N) is 1. The Morgan fingerprint density at radius 2 is 1.59 bits per heavy atom. The predicted octanol–water partition coefficient (Wildman–Crippen LogP) is 5.35. The fraction of sp³-hybridized carbons (Fsp3) is 0.0769. The molecular formula is C26H26N4O2. The summed E-state index contributed by atoms with van der Waals surface area (Å²) in [6.45, 7) is 10.0. The predicted molar refractivity (Wildman–Crippen MR) is 130 cm³/mol. The number of pyridine rings is 2. The van der Waals surface area contributed by atoms with E-state index in [1.807, 2.05) is 56.3 Å². The van der Waals surface area contributed by atoms with Crippen LogP contribution < -0.4 is 5.43 Å². The minimum Gasteiger partial charge on any atom is -0.506 e. The van der Waals surface area contributed by atoms with Gasteiger partial charge in [0.25, 0.3) is 5.91 Å². The van der Waals surface area contributed by atoms with Crippen molar-refractivity contribution in [1.82, 2.24) is 15.4 Å². The molecule has 0 aliphatic carbocycles. The number of para-hydroxylation sites is 1. The first kappa shape index (κ1) is 24.0. The second-order valence-corrected chi connectivity index (χ2v) is 6.03. The quantitative estimate of drug-likeness (QED) is 0.262. The SMILES string of the molecule is C=C.CC.O=C(N/N=C(\c1ccccc1)c1ccc2cccc(O)c2n1)c1ccccn1. The van der Waals surface area contributed by atoms with Gasteiger partial charge in [0.2, 0.25) is 0 Å². The minimum atomic E-state index is -0.419. The Balaban J connectivity index is 0.000000860. The topological polar surface area (TPSA) is 87.5 Å². The van der Waals surface area contributed by atoms with E-state index in [0.29, 0.717) is 16.9 Å². The molecule has 0 atom stereocenters. The van der Waals surface area contributed by atoms with Gasteiger partial charge in [0.05, 0.1) is 5.69 Å². The van der Waals surface area contributed by atoms with Gasteiger partial charge in [-0.15, -0.1) is 13.2 Å². The number of aromatic hydroxyl groups is 1. The van der Waals surface area contributed by atoms with Gasteiger partial charge in [0.1, 0.15) is 22.7 Å². The molecule has 2 aromatic carbocycles. The summed E-state index contributed by atoms with van der Waals surface area (Å²) >= 11 is 0. The summed E-state index contributed by atoms with van der Waals surface area (Å²) in [7, 11) is 0. The van der Waals surface area contributed by atoms with Crippen LogP contribution in [0.4, 0.5) is 0 Å². The summed E-state index contributed by atoms with van der Waals surface area (Å²) in [6, 6.07) is 23.4. The minimum absolute atomic E-state index is 0.0873. The van der Waals surface area contributed by atoms with Crippen LogP contribution in [0.2, 0.25) is 0 Å². The number of phenols is 1. The number of benzene rings is 2.